The average Bonchev–Trinajstić information content (AvgIpc) is 2.40. The van der Waals surface area contributed by atoms with E-state index in [0.717, 1.165) is 24.5 Å². The maximum absolute atomic E-state index is 9.57. The predicted molar refractivity (Wildman–Crippen MR) is 74.9 cm³/mol. The van der Waals surface area contributed by atoms with Gasteiger partial charge in [-0.25, -0.2) is 0 Å². The van der Waals surface area contributed by atoms with Crippen LogP contribution in [0.2, 0.25) is 0 Å². The molecule has 0 saturated heterocycles. The molecule has 0 amide bonds. The number of nitrogens with zero attached hydrogens (tertiary/aromatic N) is 1. The molecule has 1 aromatic rings. The number of ether oxygens (including phenoxy) is 2. The molecule has 1 aliphatic heterocycles. The maximum Gasteiger partial charge on any atom is 0.161 e. The van der Waals surface area contributed by atoms with Crippen molar-refractivity contribution in [3.8, 4) is 11.5 Å². The van der Waals surface area contributed by atoms with Crippen LogP contribution in [0.3, 0.4) is 0 Å². The Kier molecular flexibility index (Phi) is 4.32. The molecule has 4 nitrogen and oxygen atoms in total. The van der Waals surface area contributed by atoms with Crippen molar-refractivity contribution >= 4 is 0 Å². The predicted octanol–water partition coefficient (Wildman–Crippen LogP) is 2.00. The lowest BCUT2D eigenvalue weighted by atomic mass is 9.92. The second-order valence-corrected chi connectivity index (χ2v) is 5.18. The molecule has 19 heavy (non-hydrogen) atoms. The van der Waals surface area contributed by atoms with Crippen molar-refractivity contribution < 1.29 is 14.6 Å². The van der Waals surface area contributed by atoms with Crippen LogP contribution in [0.5, 0.6) is 11.5 Å². The second kappa shape index (κ2) is 5.80. The number of benzene rings is 1. The maximum atomic E-state index is 9.57. The molecule has 2 unspecified atom stereocenters. The van der Waals surface area contributed by atoms with Crippen LogP contribution in [0, 0.1) is 0 Å². The minimum atomic E-state index is -0.302. The largest absolute Gasteiger partial charge is 0.493 e. The molecule has 1 aromatic carbocycles. The number of aliphatic hydroxyl groups excluding tert-OH is 1. The molecular formula is C15H23NO3. The molecule has 0 spiro atoms. The van der Waals surface area contributed by atoms with Gasteiger partial charge in [0.15, 0.2) is 11.5 Å². The van der Waals surface area contributed by atoms with Crippen molar-refractivity contribution in [2.24, 2.45) is 0 Å². The standard InChI is InChI=1S/C15H23NO3/c1-10(17)9-16-6-5-12-7-14(18-3)15(19-4)8-13(12)11(16)2/h7-8,10-11,17H,5-6,9H2,1-4H3. The Bertz CT molecular complexity index is 445. The van der Waals surface area contributed by atoms with Crippen molar-refractivity contribution in [1.29, 1.82) is 0 Å². The van der Waals surface area contributed by atoms with E-state index in [9.17, 15) is 5.11 Å². The molecule has 0 aliphatic carbocycles. The summed E-state index contributed by atoms with van der Waals surface area (Å²) in [4.78, 5) is 2.30. The molecule has 1 aliphatic rings. The average molecular weight is 265 g/mol. The van der Waals surface area contributed by atoms with Crippen LogP contribution in [0.1, 0.15) is 31.0 Å². The van der Waals surface area contributed by atoms with Gasteiger partial charge < -0.3 is 14.6 Å². The van der Waals surface area contributed by atoms with Gasteiger partial charge in [-0.15, -0.1) is 0 Å². The minimum Gasteiger partial charge on any atom is -0.493 e. The van der Waals surface area contributed by atoms with E-state index in [4.69, 9.17) is 9.47 Å². The lowest BCUT2D eigenvalue weighted by Gasteiger charge is -2.36. The van der Waals surface area contributed by atoms with E-state index in [1.165, 1.54) is 11.1 Å². The first-order valence-electron chi connectivity index (χ1n) is 6.73. The molecule has 106 valence electrons. The Labute approximate surface area is 114 Å². The van der Waals surface area contributed by atoms with Crippen molar-refractivity contribution in [1.82, 2.24) is 4.90 Å². The van der Waals surface area contributed by atoms with Crippen molar-refractivity contribution in [3.05, 3.63) is 23.3 Å². The van der Waals surface area contributed by atoms with Crippen LogP contribution in [0.15, 0.2) is 12.1 Å². The molecule has 0 radical (unpaired) electrons. The molecule has 1 N–H and O–H groups in total. The molecule has 0 fully saturated rings. The molecular weight excluding hydrogens is 242 g/mol. The van der Waals surface area contributed by atoms with Gasteiger partial charge in [0.25, 0.3) is 0 Å². The first kappa shape index (κ1) is 14.2. The quantitative estimate of drug-likeness (QED) is 0.904. The Morgan fingerprint density at radius 2 is 1.95 bits per heavy atom. The Balaban J connectivity index is 2.32. The minimum absolute atomic E-state index is 0.290. The van der Waals surface area contributed by atoms with Crippen LogP contribution in [0.4, 0.5) is 0 Å². The van der Waals surface area contributed by atoms with Crippen molar-refractivity contribution in [2.75, 3.05) is 27.3 Å². The van der Waals surface area contributed by atoms with Crippen LogP contribution >= 0.6 is 0 Å². The fourth-order valence-electron chi connectivity index (χ4n) is 2.79. The van der Waals surface area contributed by atoms with Gasteiger partial charge in [-0.1, -0.05) is 0 Å². The summed E-state index contributed by atoms with van der Waals surface area (Å²) in [6, 6.07) is 4.43. The van der Waals surface area contributed by atoms with Gasteiger partial charge in [0, 0.05) is 19.1 Å². The highest BCUT2D eigenvalue weighted by atomic mass is 16.5. The van der Waals surface area contributed by atoms with Crippen LogP contribution < -0.4 is 9.47 Å². The third-order valence-corrected chi connectivity index (χ3v) is 3.81. The third kappa shape index (κ3) is 2.85. The lowest BCUT2D eigenvalue weighted by molar-refractivity contribution is 0.0977. The number of hydrogen-bond donors (Lipinski definition) is 1. The highest BCUT2D eigenvalue weighted by molar-refractivity contribution is 5.49. The normalized spacial score (nSPS) is 20.8. The summed E-state index contributed by atoms with van der Waals surface area (Å²) in [5.74, 6) is 1.56. The van der Waals surface area contributed by atoms with E-state index in [0.29, 0.717) is 6.54 Å². The van der Waals surface area contributed by atoms with E-state index >= 15 is 0 Å². The van der Waals surface area contributed by atoms with Gasteiger partial charge in [0.05, 0.1) is 20.3 Å². The Morgan fingerprint density at radius 1 is 1.32 bits per heavy atom. The van der Waals surface area contributed by atoms with Gasteiger partial charge >= 0.3 is 0 Å². The monoisotopic (exact) mass is 265 g/mol. The van der Waals surface area contributed by atoms with Crippen LogP contribution in [-0.2, 0) is 6.42 Å². The van der Waals surface area contributed by atoms with Gasteiger partial charge in [0.1, 0.15) is 0 Å². The van der Waals surface area contributed by atoms with Gasteiger partial charge in [-0.2, -0.15) is 0 Å². The van der Waals surface area contributed by atoms with Crippen LogP contribution in [0.25, 0.3) is 0 Å². The summed E-state index contributed by atoms with van der Waals surface area (Å²) >= 11 is 0. The number of β-amino-alcohol motifs (C(OH)–C–C–N with tert-alkyl or cyclic N) is 1. The molecule has 4 heteroatoms. The summed E-state index contributed by atoms with van der Waals surface area (Å²) < 4.78 is 10.7. The summed E-state index contributed by atoms with van der Waals surface area (Å²) in [7, 11) is 3.32. The molecule has 2 atom stereocenters. The molecule has 0 aromatic heterocycles. The van der Waals surface area contributed by atoms with Gasteiger partial charge in [0.2, 0.25) is 0 Å². The van der Waals surface area contributed by atoms with E-state index < -0.39 is 0 Å². The fraction of sp³-hybridized carbons (Fsp3) is 0.600. The zero-order valence-corrected chi connectivity index (χ0v) is 12.1. The fourth-order valence-corrected chi connectivity index (χ4v) is 2.79. The highest BCUT2D eigenvalue weighted by Crippen LogP contribution is 2.37. The number of fused-ring (bicyclic) bond motifs is 1. The first-order valence-corrected chi connectivity index (χ1v) is 6.73. The molecule has 1 heterocycles. The van der Waals surface area contributed by atoms with E-state index in [1.807, 2.05) is 6.92 Å². The zero-order chi connectivity index (χ0) is 14.0. The molecule has 2 rings (SSSR count). The van der Waals surface area contributed by atoms with Crippen LogP contribution in [-0.4, -0.2) is 43.4 Å². The smallest absolute Gasteiger partial charge is 0.161 e. The van der Waals surface area contributed by atoms with Gasteiger partial charge in [-0.3, -0.25) is 4.90 Å². The second-order valence-electron chi connectivity index (χ2n) is 5.18. The van der Waals surface area contributed by atoms with E-state index in [-0.39, 0.29) is 12.1 Å². The summed E-state index contributed by atoms with van der Waals surface area (Å²) in [5.41, 5.74) is 2.58. The molecule has 0 saturated carbocycles. The summed E-state index contributed by atoms with van der Waals surface area (Å²) in [5, 5.41) is 9.57. The topological polar surface area (TPSA) is 41.9 Å². The summed E-state index contributed by atoms with van der Waals surface area (Å²) in [6.45, 7) is 5.67. The number of methoxy groups -OCH3 is 2. The van der Waals surface area contributed by atoms with Crippen molar-refractivity contribution in [3.63, 3.8) is 0 Å². The summed E-state index contributed by atoms with van der Waals surface area (Å²) in [6.07, 6.45) is 0.677. The van der Waals surface area contributed by atoms with E-state index in [1.54, 1.807) is 14.2 Å². The molecule has 0 bridgehead atoms. The number of rotatable bonds is 4. The van der Waals surface area contributed by atoms with Gasteiger partial charge in [-0.05, 0) is 43.5 Å². The number of hydrogen-bond acceptors (Lipinski definition) is 4. The Hall–Kier alpha value is -1.26. The first-order chi connectivity index (χ1) is 9.06. The number of aliphatic hydroxyl groups is 1. The Morgan fingerprint density at radius 3 is 2.53 bits per heavy atom. The van der Waals surface area contributed by atoms with Crippen molar-refractivity contribution in [2.45, 2.75) is 32.4 Å². The highest BCUT2D eigenvalue weighted by Gasteiger charge is 2.26. The lowest BCUT2D eigenvalue weighted by Crippen LogP contribution is -2.38. The van der Waals surface area contributed by atoms with E-state index in [2.05, 4.69) is 24.0 Å². The zero-order valence-electron chi connectivity index (χ0n) is 12.1. The SMILES string of the molecule is COc1cc2c(cc1OC)C(C)N(CC(C)O)CC2. The third-order valence-electron chi connectivity index (χ3n) is 3.81.